The summed E-state index contributed by atoms with van der Waals surface area (Å²) in [7, 11) is -2.20. The van der Waals surface area contributed by atoms with Crippen molar-refractivity contribution in [3.05, 3.63) is 42.0 Å². The molecule has 0 aromatic heterocycles. The van der Waals surface area contributed by atoms with Gasteiger partial charge in [0.25, 0.3) is 0 Å². The molecule has 0 saturated carbocycles. The Morgan fingerprint density at radius 3 is 2.55 bits per heavy atom. The number of aryl methyl sites for hydroxylation is 1. The Balaban J connectivity index is 1.87. The Kier molecular flexibility index (Phi) is 6.17. The van der Waals surface area contributed by atoms with Crippen molar-refractivity contribution in [1.29, 1.82) is 0 Å². The van der Waals surface area contributed by atoms with Gasteiger partial charge in [-0.3, -0.25) is 9.10 Å². The third-order valence-electron chi connectivity index (χ3n) is 4.43. The van der Waals surface area contributed by atoms with E-state index in [0.717, 1.165) is 9.87 Å². The van der Waals surface area contributed by atoms with Gasteiger partial charge in [0.15, 0.2) is 11.5 Å². The highest BCUT2D eigenvalue weighted by molar-refractivity contribution is 7.92. The second-order valence-electron chi connectivity index (χ2n) is 6.49. The van der Waals surface area contributed by atoms with Gasteiger partial charge >= 0.3 is 0 Å². The molecule has 2 aromatic carbocycles. The number of hydrogen-bond acceptors (Lipinski definition) is 6. The second-order valence-corrected chi connectivity index (χ2v) is 8.67. The van der Waals surface area contributed by atoms with Crippen molar-refractivity contribution in [3.63, 3.8) is 0 Å². The van der Waals surface area contributed by atoms with Crippen molar-refractivity contribution >= 4 is 27.3 Å². The maximum atomic E-state index is 12.7. The average molecular weight is 420 g/mol. The van der Waals surface area contributed by atoms with E-state index in [4.69, 9.17) is 14.2 Å². The van der Waals surface area contributed by atoms with E-state index in [9.17, 15) is 13.2 Å². The van der Waals surface area contributed by atoms with Gasteiger partial charge in [0.1, 0.15) is 25.5 Å². The van der Waals surface area contributed by atoms with E-state index in [-0.39, 0.29) is 12.3 Å². The molecule has 3 rings (SSSR count). The Hall–Kier alpha value is -2.94. The monoisotopic (exact) mass is 420 g/mol. The first-order valence-electron chi connectivity index (χ1n) is 9.18. The van der Waals surface area contributed by atoms with Gasteiger partial charge in [-0.05, 0) is 43.7 Å². The number of anilines is 2. The van der Waals surface area contributed by atoms with Gasteiger partial charge in [0.2, 0.25) is 15.9 Å². The summed E-state index contributed by atoms with van der Waals surface area (Å²) in [6.07, 6.45) is 0. The van der Waals surface area contributed by atoms with Crippen LogP contribution in [0.1, 0.15) is 12.5 Å². The van der Waals surface area contributed by atoms with Crippen LogP contribution in [0.5, 0.6) is 17.2 Å². The summed E-state index contributed by atoms with van der Waals surface area (Å²) in [5.74, 6) is 0.852. The first kappa shape index (κ1) is 20.8. The molecule has 1 N–H and O–H groups in total. The fourth-order valence-electron chi connectivity index (χ4n) is 2.93. The Bertz CT molecular complexity index is 1010. The molecule has 1 heterocycles. The van der Waals surface area contributed by atoms with E-state index in [1.165, 1.54) is 14.0 Å². The molecule has 0 aliphatic carbocycles. The van der Waals surface area contributed by atoms with E-state index >= 15 is 0 Å². The van der Waals surface area contributed by atoms with Gasteiger partial charge in [-0.1, -0.05) is 6.07 Å². The van der Waals surface area contributed by atoms with E-state index in [1.807, 2.05) is 13.0 Å². The van der Waals surface area contributed by atoms with Crippen molar-refractivity contribution in [2.45, 2.75) is 13.8 Å². The minimum absolute atomic E-state index is 0.150. The lowest BCUT2D eigenvalue weighted by molar-refractivity contribution is -0.114. The SMILES string of the molecule is CCS(=O)(=O)N(CC(=O)Nc1cc(C)ccc1OC)c1ccc2c(c1)OCCO2. The number of amides is 1. The molecule has 1 amide bonds. The van der Waals surface area contributed by atoms with E-state index in [2.05, 4.69) is 5.32 Å². The summed E-state index contributed by atoms with van der Waals surface area (Å²) in [5.41, 5.74) is 1.75. The van der Waals surface area contributed by atoms with Crippen molar-refractivity contribution in [2.24, 2.45) is 0 Å². The van der Waals surface area contributed by atoms with Crippen molar-refractivity contribution in [1.82, 2.24) is 0 Å². The number of nitrogens with zero attached hydrogens (tertiary/aromatic N) is 1. The zero-order valence-electron chi connectivity index (χ0n) is 16.6. The number of carbonyl (C=O) groups is 1. The van der Waals surface area contributed by atoms with Crippen LogP contribution in [0.15, 0.2) is 36.4 Å². The van der Waals surface area contributed by atoms with E-state index in [0.29, 0.717) is 41.8 Å². The van der Waals surface area contributed by atoms with Gasteiger partial charge < -0.3 is 19.5 Å². The van der Waals surface area contributed by atoms with Crippen molar-refractivity contribution < 1.29 is 27.4 Å². The summed E-state index contributed by atoms with van der Waals surface area (Å²) < 4.78 is 42.7. The molecule has 1 aliphatic rings. The topological polar surface area (TPSA) is 94.2 Å². The Labute approximate surface area is 170 Å². The van der Waals surface area contributed by atoms with Crippen LogP contribution in [-0.4, -0.2) is 46.9 Å². The molecular weight excluding hydrogens is 396 g/mol. The molecule has 0 spiro atoms. The largest absolute Gasteiger partial charge is 0.495 e. The summed E-state index contributed by atoms with van der Waals surface area (Å²) in [6.45, 7) is 3.85. The number of carbonyl (C=O) groups excluding carboxylic acids is 1. The van der Waals surface area contributed by atoms with Crippen LogP contribution in [0.2, 0.25) is 0 Å². The highest BCUT2D eigenvalue weighted by atomic mass is 32.2. The second kappa shape index (κ2) is 8.60. The fraction of sp³-hybridized carbons (Fsp3) is 0.350. The minimum Gasteiger partial charge on any atom is -0.495 e. The quantitative estimate of drug-likeness (QED) is 0.740. The Morgan fingerprint density at radius 2 is 1.86 bits per heavy atom. The predicted octanol–water partition coefficient (Wildman–Crippen LogP) is 2.57. The van der Waals surface area contributed by atoms with Crippen LogP contribution in [0, 0.1) is 6.92 Å². The number of benzene rings is 2. The lowest BCUT2D eigenvalue weighted by Crippen LogP contribution is -2.39. The van der Waals surface area contributed by atoms with Gasteiger partial charge in [-0.2, -0.15) is 0 Å². The molecule has 1 aliphatic heterocycles. The molecule has 9 heteroatoms. The molecule has 0 atom stereocenters. The molecule has 0 saturated heterocycles. The summed E-state index contributed by atoms with van der Waals surface area (Å²) in [4.78, 5) is 12.7. The minimum atomic E-state index is -3.71. The number of sulfonamides is 1. The Morgan fingerprint density at radius 1 is 1.14 bits per heavy atom. The molecule has 2 aromatic rings. The third kappa shape index (κ3) is 4.73. The van der Waals surface area contributed by atoms with Crippen molar-refractivity contribution in [3.8, 4) is 17.2 Å². The number of nitrogens with one attached hydrogen (secondary N) is 1. The van der Waals surface area contributed by atoms with Crippen LogP contribution >= 0.6 is 0 Å². The number of hydrogen-bond donors (Lipinski definition) is 1. The summed E-state index contributed by atoms with van der Waals surface area (Å²) in [6, 6.07) is 10.2. The molecule has 156 valence electrons. The van der Waals surface area contributed by atoms with Crippen LogP contribution in [0.4, 0.5) is 11.4 Å². The smallest absolute Gasteiger partial charge is 0.245 e. The lowest BCUT2D eigenvalue weighted by atomic mass is 10.2. The first-order valence-corrected chi connectivity index (χ1v) is 10.8. The normalized spacial score (nSPS) is 12.9. The first-order chi connectivity index (χ1) is 13.8. The third-order valence-corrected chi connectivity index (χ3v) is 6.17. The predicted molar refractivity (Wildman–Crippen MR) is 111 cm³/mol. The maximum absolute atomic E-state index is 12.7. The van der Waals surface area contributed by atoms with Crippen LogP contribution in [0.3, 0.4) is 0 Å². The number of methoxy groups -OCH3 is 1. The zero-order chi connectivity index (χ0) is 21.0. The van der Waals surface area contributed by atoms with Gasteiger partial charge in [0, 0.05) is 6.07 Å². The highest BCUT2D eigenvalue weighted by Crippen LogP contribution is 2.35. The molecular formula is C20H24N2O6S. The van der Waals surface area contributed by atoms with Crippen LogP contribution < -0.4 is 23.8 Å². The molecule has 29 heavy (non-hydrogen) atoms. The molecule has 0 bridgehead atoms. The number of rotatable bonds is 7. The number of fused-ring (bicyclic) bond motifs is 1. The standard InChI is InChI=1S/C20H24N2O6S/c1-4-29(24,25)22(15-6-8-18-19(12-15)28-10-9-27-18)13-20(23)21-16-11-14(2)5-7-17(16)26-3/h5-8,11-12H,4,9-10,13H2,1-3H3,(H,21,23). The van der Waals surface area contributed by atoms with Crippen LogP contribution in [0.25, 0.3) is 0 Å². The molecule has 0 unspecified atom stereocenters. The highest BCUT2D eigenvalue weighted by Gasteiger charge is 2.26. The summed E-state index contributed by atoms with van der Waals surface area (Å²) in [5, 5.41) is 2.74. The fourth-order valence-corrected chi connectivity index (χ4v) is 3.99. The molecule has 0 fully saturated rings. The maximum Gasteiger partial charge on any atom is 0.245 e. The van der Waals surface area contributed by atoms with Crippen molar-refractivity contribution in [2.75, 3.05) is 42.2 Å². The zero-order valence-corrected chi connectivity index (χ0v) is 17.4. The lowest BCUT2D eigenvalue weighted by Gasteiger charge is -2.26. The summed E-state index contributed by atoms with van der Waals surface area (Å²) >= 11 is 0. The molecule has 0 radical (unpaired) electrons. The molecule has 8 nitrogen and oxygen atoms in total. The average Bonchev–Trinajstić information content (AvgIpc) is 2.71. The van der Waals surface area contributed by atoms with E-state index < -0.39 is 15.9 Å². The van der Waals surface area contributed by atoms with Gasteiger partial charge in [0.05, 0.1) is 24.2 Å². The van der Waals surface area contributed by atoms with E-state index in [1.54, 1.807) is 30.3 Å². The van der Waals surface area contributed by atoms with Gasteiger partial charge in [-0.15, -0.1) is 0 Å². The number of ether oxygens (including phenoxy) is 3. The van der Waals surface area contributed by atoms with Crippen LogP contribution in [-0.2, 0) is 14.8 Å². The van der Waals surface area contributed by atoms with Gasteiger partial charge in [-0.25, -0.2) is 8.42 Å².